The Kier molecular flexibility index (Phi) is 8.79. The van der Waals surface area contributed by atoms with E-state index in [1.807, 2.05) is 16.8 Å². The number of rotatable bonds is 9. The molecule has 5 nitrogen and oxygen atoms in total. The summed E-state index contributed by atoms with van der Waals surface area (Å²) in [6.45, 7) is 8.97. The quantitative estimate of drug-likeness (QED) is 0.593. The Morgan fingerprint density at radius 2 is 1.97 bits per heavy atom. The number of nitrogens with two attached hydrogens (primary N) is 1. The average molecular weight is 455 g/mol. The molecule has 166 valence electrons. The lowest BCUT2D eigenvalue weighted by atomic mass is 9.96. The molecule has 1 aromatic heterocycles. The average Bonchev–Trinajstić information content (AvgIpc) is 2.99. The number of aromatic nitrogens is 2. The van der Waals surface area contributed by atoms with E-state index in [0.29, 0.717) is 16.5 Å². The molecule has 1 aromatic carbocycles. The summed E-state index contributed by atoms with van der Waals surface area (Å²) in [7, 11) is 2.18. The third-order valence-corrected chi connectivity index (χ3v) is 6.57. The van der Waals surface area contributed by atoms with Crippen molar-refractivity contribution < 1.29 is 8.60 Å². The Hall–Kier alpha value is -1.54. The van der Waals surface area contributed by atoms with Gasteiger partial charge < -0.3 is 5.73 Å². The van der Waals surface area contributed by atoms with Crippen LogP contribution in [0.15, 0.2) is 35.0 Å². The monoisotopic (exact) mass is 454 g/mol. The van der Waals surface area contributed by atoms with Gasteiger partial charge in [-0.15, -0.1) is 0 Å². The molecule has 0 saturated heterocycles. The van der Waals surface area contributed by atoms with Gasteiger partial charge in [-0.05, 0) is 49.7 Å². The summed E-state index contributed by atoms with van der Waals surface area (Å²) in [4.78, 5) is 0.576. The molecule has 0 spiro atoms. The first-order chi connectivity index (χ1) is 14.1. The van der Waals surface area contributed by atoms with Crippen molar-refractivity contribution in [2.45, 2.75) is 57.4 Å². The van der Waals surface area contributed by atoms with Crippen molar-refractivity contribution in [2.24, 2.45) is 5.73 Å². The van der Waals surface area contributed by atoms with Crippen LogP contribution in [0.4, 0.5) is 4.39 Å². The van der Waals surface area contributed by atoms with E-state index >= 15 is 0 Å². The normalized spacial score (nSPS) is 13.7. The van der Waals surface area contributed by atoms with Crippen molar-refractivity contribution in [3.05, 3.63) is 57.6 Å². The van der Waals surface area contributed by atoms with Crippen LogP contribution in [-0.4, -0.2) is 38.9 Å². The Morgan fingerprint density at radius 3 is 2.47 bits per heavy atom. The Balaban J connectivity index is 2.48. The van der Waals surface area contributed by atoms with E-state index < -0.39 is 11.0 Å². The first-order valence-corrected chi connectivity index (χ1v) is 11.6. The molecular weight excluding hydrogens is 423 g/mol. The predicted molar refractivity (Wildman–Crippen MR) is 123 cm³/mol. The molecule has 0 radical (unpaired) electrons. The molecule has 0 aliphatic carbocycles. The second kappa shape index (κ2) is 10.7. The van der Waals surface area contributed by atoms with Gasteiger partial charge in [0.05, 0.1) is 22.2 Å². The molecule has 1 atom stereocenters. The first-order valence-electron chi connectivity index (χ1n) is 10.1. The molecule has 1 heterocycles. The topological polar surface area (TPSA) is 64.2 Å². The van der Waals surface area contributed by atoms with Gasteiger partial charge in [-0.3, -0.25) is 4.68 Å². The minimum Gasteiger partial charge on any atom is -0.327 e. The standard InChI is InChI=1S/C22H32ClFN4OS/c1-14(2)21-18(12-17(24)9-10-25)22(15(3)4)28(26-21)13-16-7-8-20(19(23)11-16)30(29)27(5)6/h7-9,11,14-15H,10,12-13,25H2,1-6H3/b17-9-. The van der Waals surface area contributed by atoms with Crippen LogP contribution in [0.25, 0.3) is 0 Å². The lowest BCUT2D eigenvalue weighted by molar-refractivity contribution is 0.593. The molecule has 1 unspecified atom stereocenters. The van der Waals surface area contributed by atoms with Crippen molar-refractivity contribution in [2.75, 3.05) is 20.6 Å². The number of benzene rings is 1. The highest BCUT2D eigenvalue weighted by molar-refractivity contribution is 7.82. The summed E-state index contributed by atoms with van der Waals surface area (Å²) in [5.74, 6) is 0.0963. The number of hydrogen-bond acceptors (Lipinski definition) is 3. The highest BCUT2D eigenvalue weighted by atomic mass is 35.5. The Morgan fingerprint density at radius 1 is 1.30 bits per heavy atom. The van der Waals surface area contributed by atoms with Gasteiger partial charge in [0.1, 0.15) is 16.8 Å². The van der Waals surface area contributed by atoms with E-state index in [2.05, 4.69) is 27.7 Å². The minimum absolute atomic E-state index is 0.165. The molecule has 0 aliphatic heterocycles. The van der Waals surface area contributed by atoms with Gasteiger partial charge in [-0.1, -0.05) is 45.4 Å². The van der Waals surface area contributed by atoms with Gasteiger partial charge in [0.15, 0.2) is 0 Å². The third-order valence-electron chi connectivity index (χ3n) is 4.75. The predicted octanol–water partition coefficient (Wildman–Crippen LogP) is 4.77. The summed E-state index contributed by atoms with van der Waals surface area (Å²) >= 11 is 6.41. The zero-order valence-electron chi connectivity index (χ0n) is 18.6. The van der Waals surface area contributed by atoms with Crippen LogP contribution in [0.2, 0.25) is 5.02 Å². The van der Waals surface area contributed by atoms with Gasteiger partial charge in [-0.2, -0.15) is 5.10 Å². The summed E-state index contributed by atoms with van der Waals surface area (Å²) in [6.07, 6.45) is 1.61. The summed E-state index contributed by atoms with van der Waals surface area (Å²) in [5.41, 5.74) is 9.26. The van der Waals surface area contributed by atoms with Crippen LogP contribution < -0.4 is 5.73 Å². The maximum absolute atomic E-state index is 14.3. The van der Waals surface area contributed by atoms with E-state index in [1.165, 1.54) is 6.08 Å². The third kappa shape index (κ3) is 5.78. The highest BCUT2D eigenvalue weighted by Crippen LogP contribution is 2.31. The van der Waals surface area contributed by atoms with Crippen LogP contribution in [0.3, 0.4) is 0 Å². The van der Waals surface area contributed by atoms with Crippen molar-refractivity contribution in [3.63, 3.8) is 0 Å². The lowest BCUT2D eigenvalue weighted by Crippen LogP contribution is -2.16. The van der Waals surface area contributed by atoms with Gasteiger partial charge in [0.2, 0.25) is 0 Å². The fraction of sp³-hybridized carbons (Fsp3) is 0.500. The van der Waals surface area contributed by atoms with E-state index in [9.17, 15) is 8.60 Å². The molecule has 0 amide bonds. The molecule has 0 fully saturated rings. The Labute approximate surface area is 186 Å². The fourth-order valence-electron chi connectivity index (χ4n) is 3.47. The molecule has 2 rings (SSSR count). The lowest BCUT2D eigenvalue weighted by Gasteiger charge is -2.15. The summed E-state index contributed by atoms with van der Waals surface area (Å²) < 4.78 is 30.2. The smallest absolute Gasteiger partial charge is 0.128 e. The van der Waals surface area contributed by atoms with Crippen LogP contribution >= 0.6 is 11.6 Å². The summed E-state index contributed by atoms with van der Waals surface area (Å²) in [6, 6.07) is 5.53. The molecular formula is C22H32ClFN4OS. The van der Waals surface area contributed by atoms with Gasteiger partial charge in [0.25, 0.3) is 0 Å². The Bertz CT molecular complexity index is 937. The zero-order valence-corrected chi connectivity index (χ0v) is 20.1. The van der Waals surface area contributed by atoms with Crippen LogP contribution in [-0.2, 0) is 24.0 Å². The van der Waals surface area contributed by atoms with Crippen LogP contribution in [0, 0.1) is 0 Å². The molecule has 2 N–H and O–H groups in total. The molecule has 8 heteroatoms. The van der Waals surface area contributed by atoms with Crippen molar-refractivity contribution in [1.29, 1.82) is 0 Å². The molecule has 30 heavy (non-hydrogen) atoms. The van der Waals surface area contributed by atoms with E-state index in [1.54, 1.807) is 24.5 Å². The van der Waals surface area contributed by atoms with E-state index in [4.69, 9.17) is 22.4 Å². The maximum Gasteiger partial charge on any atom is 0.128 e. The molecule has 0 aliphatic rings. The molecule has 0 saturated carbocycles. The van der Waals surface area contributed by atoms with E-state index in [-0.39, 0.29) is 30.6 Å². The summed E-state index contributed by atoms with van der Waals surface area (Å²) in [5, 5.41) is 5.29. The fourth-order valence-corrected chi connectivity index (χ4v) is 4.67. The van der Waals surface area contributed by atoms with E-state index in [0.717, 1.165) is 22.5 Å². The number of hydrogen-bond donors (Lipinski definition) is 1. The number of halogens is 2. The van der Waals surface area contributed by atoms with Crippen molar-refractivity contribution in [3.8, 4) is 0 Å². The minimum atomic E-state index is -1.31. The second-order valence-electron chi connectivity index (χ2n) is 8.11. The number of allylic oxidation sites excluding steroid dienone is 1. The van der Waals surface area contributed by atoms with Gasteiger partial charge in [0, 0.05) is 24.2 Å². The van der Waals surface area contributed by atoms with Crippen molar-refractivity contribution in [1.82, 2.24) is 14.1 Å². The SMILES string of the molecule is CC(C)c1nn(Cc2ccc(S(=O)N(C)C)c(Cl)c2)c(C(C)C)c1C/C(F)=C/CN. The largest absolute Gasteiger partial charge is 0.327 e. The van der Waals surface area contributed by atoms with Crippen LogP contribution in [0.5, 0.6) is 0 Å². The maximum atomic E-state index is 14.3. The second-order valence-corrected chi connectivity index (χ2v) is 10.2. The zero-order chi connectivity index (χ0) is 22.6. The molecule has 2 aromatic rings. The highest BCUT2D eigenvalue weighted by Gasteiger charge is 2.23. The van der Waals surface area contributed by atoms with Crippen LogP contribution in [0.1, 0.15) is 62.0 Å². The first kappa shape index (κ1) is 24.7. The van der Waals surface area contributed by atoms with Gasteiger partial charge in [-0.25, -0.2) is 12.9 Å². The number of nitrogens with zero attached hydrogens (tertiary/aromatic N) is 3. The molecule has 0 bridgehead atoms. The van der Waals surface area contributed by atoms with Crippen molar-refractivity contribution >= 4 is 22.6 Å². The van der Waals surface area contributed by atoms with Gasteiger partial charge >= 0.3 is 0 Å².